The minimum Gasteiger partial charge on any atom is -0.508 e. The van der Waals surface area contributed by atoms with Crippen molar-refractivity contribution in [1.82, 2.24) is 0 Å². The van der Waals surface area contributed by atoms with E-state index in [1.165, 1.54) is 22.3 Å². The van der Waals surface area contributed by atoms with E-state index in [0.29, 0.717) is 12.2 Å². The minimum absolute atomic E-state index is 0.281. The summed E-state index contributed by atoms with van der Waals surface area (Å²) in [7, 11) is 0. The highest BCUT2D eigenvalue weighted by Gasteiger charge is 2.46. The molecule has 0 bridgehead atoms. The maximum absolute atomic E-state index is 10.5. The lowest BCUT2D eigenvalue weighted by atomic mass is 9.67. The largest absolute Gasteiger partial charge is 0.508 e. The summed E-state index contributed by atoms with van der Waals surface area (Å²) in [4.78, 5) is 0. The average Bonchev–Trinajstić information content (AvgIpc) is 3.12. The van der Waals surface area contributed by atoms with E-state index in [-0.39, 0.29) is 5.75 Å². The van der Waals surface area contributed by atoms with Crippen molar-refractivity contribution in [1.29, 1.82) is 0 Å². The first-order valence-electron chi connectivity index (χ1n) is 11.1. The van der Waals surface area contributed by atoms with Crippen LogP contribution in [0, 0.1) is 0 Å². The van der Waals surface area contributed by atoms with Crippen molar-refractivity contribution in [2.75, 3.05) is 0 Å². The molecule has 0 aromatic heterocycles. The van der Waals surface area contributed by atoms with Crippen molar-refractivity contribution in [2.45, 2.75) is 25.2 Å². The van der Waals surface area contributed by atoms with Gasteiger partial charge >= 0.3 is 0 Å². The van der Waals surface area contributed by atoms with Gasteiger partial charge in [0.1, 0.15) is 11.5 Å². The van der Waals surface area contributed by atoms with Gasteiger partial charge in [0.05, 0.1) is 5.41 Å². The van der Waals surface area contributed by atoms with E-state index in [0.717, 1.165) is 28.7 Å². The van der Waals surface area contributed by atoms with Gasteiger partial charge in [0, 0.05) is 0 Å². The van der Waals surface area contributed by atoms with Crippen LogP contribution in [0.2, 0.25) is 0 Å². The van der Waals surface area contributed by atoms with E-state index < -0.39 is 5.41 Å². The second-order valence-corrected chi connectivity index (χ2v) is 8.37. The van der Waals surface area contributed by atoms with Crippen LogP contribution in [0.3, 0.4) is 0 Å². The molecule has 0 aliphatic heterocycles. The summed E-state index contributed by atoms with van der Waals surface area (Å²) in [6.45, 7) is 5.93. The standard InChI is InChI=1S/C30H26O2/c1-3-9-21-19-23(15-17-29(21)32)30(22-14-16-28(31)20(4-2)18-22)26-12-7-5-10-24(26)25-11-6-8-13-27(25)30/h3,5-8,10-19,31-32H,1,4,9H2,2H3. The molecule has 0 saturated carbocycles. The quantitative estimate of drug-likeness (QED) is 0.310. The Morgan fingerprint density at radius 1 is 0.719 bits per heavy atom. The molecule has 0 radical (unpaired) electrons. The highest BCUT2D eigenvalue weighted by Crippen LogP contribution is 2.56. The highest BCUT2D eigenvalue weighted by molar-refractivity contribution is 5.86. The molecule has 0 fully saturated rings. The summed E-state index contributed by atoms with van der Waals surface area (Å²) in [6.07, 6.45) is 3.16. The van der Waals surface area contributed by atoms with Gasteiger partial charge in [-0.1, -0.05) is 85.8 Å². The van der Waals surface area contributed by atoms with E-state index in [1.54, 1.807) is 6.07 Å². The maximum Gasteiger partial charge on any atom is 0.119 e. The van der Waals surface area contributed by atoms with Crippen molar-refractivity contribution >= 4 is 0 Å². The molecule has 32 heavy (non-hydrogen) atoms. The lowest BCUT2D eigenvalue weighted by Gasteiger charge is -2.34. The Morgan fingerprint density at radius 3 is 1.75 bits per heavy atom. The fourth-order valence-electron chi connectivity index (χ4n) is 5.26. The van der Waals surface area contributed by atoms with Crippen molar-refractivity contribution in [3.05, 3.63) is 131 Å². The minimum atomic E-state index is -0.547. The van der Waals surface area contributed by atoms with Gasteiger partial charge in [-0.25, -0.2) is 0 Å². The van der Waals surface area contributed by atoms with Crippen LogP contribution in [0.25, 0.3) is 11.1 Å². The van der Waals surface area contributed by atoms with Crippen LogP contribution in [0.15, 0.2) is 97.6 Å². The fourth-order valence-corrected chi connectivity index (χ4v) is 5.26. The summed E-state index contributed by atoms with van der Waals surface area (Å²) in [5, 5.41) is 20.9. The number of hydrogen-bond acceptors (Lipinski definition) is 2. The van der Waals surface area contributed by atoms with Crippen LogP contribution in [0.4, 0.5) is 0 Å². The Bertz CT molecular complexity index is 1290. The van der Waals surface area contributed by atoms with Crippen molar-refractivity contribution < 1.29 is 10.2 Å². The van der Waals surface area contributed by atoms with Crippen LogP contribution in [-0.2, 0) is 18.3 Å². The van der Waals surface area contributed by atoms with Gasteiger partial charge in [0.2, 0.25) is 0 Å². The van der Waals surface area contributed by atoms with E-state index in [4.69, 9.17) is 0 Å². The first-order valence-corrected chi connectivity index (χ1v) is 11.1. The Labute approximate surface area is 189 Å². The van der Waals surface area contributed by atoms with E-state index in [9.17, 15) is 10.2 Å². The van der Waals surface area contributed by atoms with Crippen LogP contribution < -0.4 is 0 Å². The van der Waals surface area contributed by atoms with Crippen molar-refractivity contribution in [3.63, 3.8) is 0 Å². The predicted molar refractivity (Wildman–Crippen MR) is 130 cm³/mol. The molecule has 1 aliphatic carbocycles. The second-order valence-electron chi connectivity index (χ2n) is 8.37. The monoisotopic (exact) mass is 418 g/mol. The van der Waals surface area contributed by atoms with Crippen molar-refractivity contribution in [2.24, 2.45) is 0 Å². The molecule has 0 amide bonds. The molecule has 4 aromatic carbocycles. The van der Waals surface area contributed by atoms with Gasteiger partial charge in [-0.05, 0) is 69.5 Å². The Hall–Kier alpha value is -3.78. The lowest BCUT2D eigenvalue weighted by Crippen LogP contribution is -2.29. The average molecular weight is 419 g/mol. The predicted octanol–water partition coefficient (Wildman–Crippen LogP) is 6.75. The molecule has 0 saturated heterocycles. The highest BCUT2D eigenvalue weighted by atomic mass is 16.3. The molecule has 4 aromatic rings. The second kappa shape index (κ2) is 7.72. The van der Waals surface area contributed by atoms with Gasteiger partial charge in [-0.3, -0.25) is 0 Å². The summed E-state index contributed by atoms with van der Waals surface area (Å²) in [5.41, 5.74) is 8.29. The van der Waals surface area contributed by atoms with Crippen LogP contribution in [0.1, 0.15) is 40.3 Å². The molecule has 2 N–H and O–H groups in total. The molecule has 5 rings (SSSR count). The molecular weight excluding hydrogens is 392 g/mol. The zero-order valence-corrected chi connectivity index (χ0v) is 18.2. The molecule has 158 valence electrons. The van der Waals surface area contributed by atoms with Crippen LogP contribution in [0.5, 0.6) is 11.5 Å². The summed E-state index contributed by atoms with van der Waals surface area (Å²) in [5.74, 6) is 0.604. The zero-order chi connectivity index (χ0) is 22.3. The third kappa shape index (κ3) is 2.80. The normalized spacial score (nSPS) is 13.4. The molecule has 0 atom stereocenters. The van der Waals surface area contributed by atoms with Gasteiger partial charge in [-0.2, -0.15) is 0 Å². The van der Waals surface area contributed by atoms with E-state index in [1.807, 2.05) is 24.3 Å². The molecule has 1 aliphatic rings. The smallest absolute Gasteiger partial charge is 0.119 e. The fraction of sp³-hybridized carbons (Fsp3) is 0.133. The first kappa shape index (κ1) is 20.1. The Kier molecular flexibility index (Phi) is 4.86. The number of rotatable bonds is 5. The maximum atomic E-state index is 10.5. The van der Waals surface area contributed by atoms with Gasteiger partial charge in [0.25, 0.3) is 0 Å². The first-order chi connectivity index (χ1) is 15.6. The SMILES string of the molecule is C=CCc1cc(C2(c3ccc(O)c(CC)c3)c3ccccc3-c3ccccc32)ccc1O. The molecule has 0 spiro atoms. The Balaban J connectivity index is 1.93. The van der Waals surface area contributed by atoms with Gasteiger partial charge in [0.15, 0.2) is 0 Å². The number of phenols is 2. The van der Waals surface area contributed by atoms with Crippen molar-refractivity contribution in [3.8, 4) is 22.6 Å². The van der Waals surface area contributed by atoms with Gasteiger partial charge < -0.3 is 10.2 Å². The molecule has 2 heteroatoms. The topological polar surface area (TPSA) is 40.5 Å². The van der Waals surface area contributed by atoms with Crippen LogP contribution in [-0.4, -0.2) is 10.2 Å². The number of fused-ring (bicyclic) bond motifs is 3. The zero-order valence-electron chi connectivity index (χ0n) is 18.2. The Morgan fingerprint density at radius 2 is 1.22 bits per heavy atom. The summed E-state index contributed by atoms with van der Waals surface area (Å²) < 4.78 is 0. The molecule has 2 nitrogen and oxygen atoms in total. The summed E-state index contributed by atoms with van der Waals surface area (Å²) in [6, 6.07) is 29.0. The molecular formula is C30H26O2. The number of allylic oxidation sites excluding steroid dienone is 1. The van der Waals surface area contributed by atoms with Crippen LogP contribution >= 0.6 is 0 Å². The number of hydrogen-bond donors (Lipinski definition) is 2. The number of aryl methyl sites for hydroxylation is 1. The number of phenolic OH excluding ortho intramolecular Hbond substituents is 2. The van der Waals surface area contributed by atoms with E-state index in [2.05, 4.69) is 74.2 Å². The number of aromatic hydroxyl groups is 2. The lowest BCUT2D eigenvalue weighted by molar-refractivity contribution is 0.468. The summed E-state index contributed by atoms with van der Waals surface area (Å²) >= 11 is 0. The molecule has 0 unspecified atom stereocenters. The molecule has 0 heterocycles. The number of benzene rings is 4. The van der Waals surface area contributed by atoms with E-state index >= 15 is 0 Å². The van der Waals surface area contributed by atoms with Gasteiger partial charge in [-0.15, -0.1) is 6.58 Å². The third-order valence-corrected chi connectivity index (χ3v) is 6.72. The third-order valence-electron chi connectivity index (χ3n) is 6.72.